The topological polar surface area (TPSA) is 93.5 Å². The SMILES string of the molecule is CCCc1c2c(c(C(C)N)c3c(=O)cc(C(=O)O)oc13)CCCC2. The highest BCUT2D eigenvalue weighted by Crippen LogP contribution is 2.37. The van der Waals surface area contributed by atoms with Crippen LogP contribution in [0.2, 0.25) is 0 Å². The fraction of sp³-hybridized carbons (Fsp3) is 0.474. The number of carboxylic acid groups (broad SMARTS) is 1. The summed E-state index contributed by atoms with van der Waals surface area (Å²) in [6.45, 7) is 3.94. The molecule has 0 bridgehead atoms. The van der Waals surface area contributed by atoms with Crippen molar-refractivity contribution in [3.63, 3.8) is 0 Å². The number of carboxylic acids is 1. The Labute approximate surface area is 140 Å². The smallest absolute Gasteiger partial charge is 0.371 e. The van der Waals surface area contributed by atoms with Gasteiger partial charge in [0.2, 0.25) is 5.76 Å². The molecule has 1 aliphatic rings. The number of aromatic carboxylic acids is 1. The molecule has 5 nitrogen and oxygen atoms in total. The maximum atomic E-state index is 12.7. The Morgan fingerprint density at radius 3 is 2.58 bits per heavy atom. The molecule has 0 saturated carbocycles. The van der Waals surface area contributed by atoms with Gasteiger partial charge in [-0.25, -0.2) is 4.79 Å². The predicted molar refractivity (Wildman–Crippen MR) is 92.7 cm³/mol. The molecule has 1 aromatic carbocycles. The van der Waals surface area contributed by atoms with Gasteiger partial charge in [0.15, 0.2) is 5.43 Å². The van der Waals surface area contributed by atoms with Crippen molar-refractivity contribution in [2.75, 3.05) is 0 Å². The van der Waals surface area contributed by atoms with E-state index in [1.54, 1.807) is 0 Å². The first-order valence-corrected chi connectivity index (χ1v) is 8.58. The van der Waals surface area contributed by atoms with Gasteiger partial charge in [0, 0.05) is 12.1 Å². The Hall–Kier alpha value is -2.14. The van der Waals surface area contributed by atoms with Gasteiger partial charge in [0.25, 0.3) is 0 Å². The van der Waals surface area contributed by atoms with E-state index in [9.17, 15) is 14.7 Å². The average molecular weight is 329 g/mol. The molecule has 3 rings (SSSR count). The van der Waals surface area contributed by atoms with E-state index in [-0.39, 0.29) is 17.2 Å². The van der Waals surface area contributed by atoms with E-state index in [2.05, 4.69) is 6.92 Å². The average Bonchev–Trinajstić information content (AvgIpc) is 2.54. The molecule has 2 aromatic rings. The van der Waals surface area contributed by atoms with Crippen LogP contribution in [0.15, 0.2) is 15.3 Å². The Kier molecular flexibility index (Phi) is 4.45. The van der Waals surface area contributed by atoms with Crippen LogP contribution < -0.4 is 11.2 Å². The van der Waals surface area contributed by atoms with Crippen molar-refractivity contribution in [3.05, 3.63) is 44.3 Å². The molecule has 24 heavy (non-hydrogen) atoms. The third-order valence-corrected chi connectivity index (χ3v) is 4.81. The van der Waals surface area contributed by atoms with Crippen LogP contribution in [0.1, 0.15) is 72.0 Å². The van der Waals surface area contributed by atoms with Crippen LogP contribution in [-0.4, -0.2) is 11.1 Å². The van der Waals surface area contributed by atoms with Crippen LogP contribution in [0.5, 0.6) is 0 Å². The second-order valence-electron chi connectivity index (χ2n) is 6.58. The molecule has 0 radical (unpaired) electrons. The van der Waals surface area contributed by atoms with Crippen molar-refractivity contribution in [1.29, 1.82) is 0 Å². The Morgan fingerprint density at radius 2 is 2.00 bits per heavy atom. The lowest BCUT2D eigenvalue weighted by Gasteiger charge is -2.26. The summed E-state index contributed by atoms with van der Waals surface area (Å²) in [5.74, 6) is -1.53. The molecule has 1 heterocycles. The van der Waals surface area contributed by atoms with Gasteiger partial charge in [-0.2, -0.15) is 0 Å². The van der Waals surface area contributed by atoms with Crippen LogP contribution in [0.25, 0.3) is 11.0 Å². The Balaban J connectivity index is 2.51. The largest absolute Gasteiger partial charge is 0.475 e. The minimum Gasteiger partial charge on any atom is -0.475 e. The number of aryl methyl sites for hydroxylation is 1. The maximum Gasteiger partial charge on any atom is 0.371 e. The van der Waals surface area contributed by atoms with Crippen LogP contribution >= 0.6 is 0 Å². The van der Waals surface area contributed by atoms with E-state index in [1.807, 2.05) is 6.92 Å². The van der Waals surface area contributed by atoms with Gasteiger partial charge >= 0.3 is 5.97 Å². The van der Waals surface area contributed by atoms with Crippen molar-refractivity contribution in [2.24, 2.45) is 5.73 Å². The summed E-state index contributed by atoms with van der Waals surface area (Å²) >= 11 is 0. The van der Waals surface area contributed by atoms with Crippen molar-refractivity contribution in [3.8, 4) is 0 Å². The molecule has 1 atom stereocenters. The first kappa shape index (κ1) is 16.7. The molecule has 1 unspecified atom stereocenters. The molecule has 0 saturated heterocycles. The number of rotatable bonds is 4. The molecular formula is C19H23NO4. The monoisotopic (exact) mass is 329 g/mol. The van der Waals surface area contributed by atoms with Crippen molar-refractivity contribution < 1.29 is 14.3 Å². The summed E-state index contributed by atoms with van der Waals surface area (Å²) in [7, 11) is 0. The molecule has 1 aromatic heterocycles. The van der Waals surface area contributed by atoms with Crippen LogP contribution in [0.3, 0.4) is 0 Å². The Bertz CT molecular complexity index is 864. The van der Waals surface area contributed by atoms with Crippen LogP contribution in [0.4, 0.5) is 0 Å². The van der Waals surface area contributed by atoms with E-state index in [1.165, 1.54) is 11.1 Å². The zero-order chi connectivity index (χ0) is 17.4. The number of hydrogen-bond donors (Lipinski definition) is 2. The standard InChI is InChI=1S/C19H23NO4/c1-3-6-13-11-7-4-5-8-12(11)16(10(2)20)17-14(21)9-15(19(22)23)24-18(13)17/h9-10H,3-8,20H2,1-2H3,(H,22,23). The molecule has 0 fully saturated rings. The second-order valence-corrected chi connectivity index (χ2v) is 6.58. The van der Waals surface area contributed by atoms with Gasteiger partial charge in [0.05, 0.1) is 5.39 Å². The van der Waals surface area contributed by atoms with Crippen molar-refractivity contribution in [1.82, 2.24) is 0 Å². The van der Waals surface area contributed by atoms with Gasteiger partial charge in [-0.3, -0.25) is 4.79 Å². The summed E-state index contributed by atoms with van der Waals surface area (Å²) in [5, 5.41) is 9.72. The third-order valence-electron chi connectivity index (χ3n) is 4.81. The second kappa shape index (κ2) is 6.40. The highest BCUT2D eigenvalue weighted by Gasteiger charge is 2.26. The van der Waals surface area contributed by atoms with Gasteiger partial charge < -0.3 is 15.3 Å². The van der Waals surface area contributed by atoms with E-state index >= 15 is 0 Å². The summed E-state index contributed by atoms with van der Waals surface area (Å²) in [4.78, 5) is 24.0. The highest BCUT2D eigenvalue weighted by molar-refractivity contribution is 5.91. The zero-order valence-corrected chi connectivity index (χ0v) is 14.1. The van der Waals surface area contributed by atoms with Crippen molar-refractivity contribution in [2.45, 2.75) is 58.4 Å². The summed E-state index contributed by atoms with van der Waals surface area (Å²) in [6, 6.07) is 0.773. The lowest BCUT2D eigenvalue weighted by Crippen LogP contribution is -2.20. The van der Waals surface area contributed by atoms with Crippen LogP contribution in [0, 0.1) is 0 Å². The lowest BCUT2D eigenvalue weighted by atomic mass is 9.80. The fourth-order valence-corrected chi connectivity index (χ4v) is 3.91. The number of fused-ring (bicyclic) bond motifs is 2. The minimum absolute atomic E-state index is 0.298. The van der Waals surface area contributed by atoms with Crippen molar-refractivity contribution >= 4 is 16.9 Å². The van der Waals surface area contributed by atoms with Gasteiger partial charge in [-0.1, -0.05) is 13.3 Å². The number of nitrogens with two attached hydrogens (primary N) is 1. The van der Waals surface area contributed by atoms with E-state index in [4.69, 9.17) is 10.2 Å². The molecule has 0 aliphatic heterocycles. The third kappa shape index (κ3) is 2.63. The van der Waals surface area contributed by atoms with Crippen LogP contribution in [-0.2, 0) is 19.3 Å². The van der Waals surface area contributed by atoms with Gasteiger partial charge in [-0.15, -0.1) is 0 Å². The predicted octanol–water partition coefficient (Wildman–Crippen LogP) is 3.34. The minimum atomic E-state index is -1.23. The molecule has 1 aliphatic carbocycles. The van der Waals surface area contributed by atoms with E-state index < -0.39 is 5.97 Å². The fourth-order valence-electron chi connectivity index (χ4n) is 3.91. The van der Waals surface area contributed by atoms with Gasteiger partial charge in [-0.05, 0) is 61.3 Å². The first-order valence-electron chi connectivity index (χ1n) is 8.58. The highest BCUT2D eigenvalue weighted by atomic mass is 16.4. The molecule has 128 valence electrons. The lowest BCUT2D eigenvalue weighted by molar-refractivity contribution is 0.0663. The molecule has 0 spiro atoms. The van der Waals surface area contributed by atoms with E-state index in [0.717, 1.165) is 55.7 Å². The number of benzene rings is 1. The molecule has 0 amide bonds. The number of hydrogen-bond acceptors (Lipinski definition) is 4. The summed E-state index contributed by atoms with van der Waals surface area (Å²) in [6.07, 6.45) is 5.70. The van der Waals surface area contributed by atoms with Gasteiger partial charge in [0.1, 0.15) is 5.58 Å². The molecule has 5 heteroatoms. The zero-order valence-electron chi connectivity index (χ0n) is 14.1. The summed E-state index contributed by atoms with van der Waals surface area (Å²) in [5.41, 5.74) is 10.5. The summed E-state index contributed by atoms with van der Waals surface area (Å²) < 4.78 is 5.69. The quantitative estimate of drug-likeness (QED) is 0.897. The maximum absolute atomic E-state index is 12.7. The normalized spacial score (nSPS) is 15.3. The molecule has 3 N–H and O–H groups in total. The Morgan fingerprint density at radius 1 is 1.33 bits per heavy atom. The first-order chi connectivity index (χ1) is 11.5. The van der Waals surface area contributed by atoms with E-state index in [0.29, 0.717) is 11.0 Å². The number of carbonyl (C=O) groups is 1. The molecular weight excluding hydrogens is 306 g/mol.